The number of hydrogen-bond acceptors (Lipinski definition) is 2. The Morgan fingerprint density at radius 3 is 2.48 bits per heavy atom. The number of nitrogens with one attached hydrogen (secondary N) is 1. The van der Waals surface area contributed by atoms with E-state index in [1.165, 1.54) is 24.0 Å². The smallest absolute Gasteiger partial charge is 0.0858 e. The lowest BCUT2D eigenvalue weighted by Crippen LogP contribution is -2.31. The second-order valence-electron chi connectivity index (χ2n) is 6.18. The highest BCUT2D eigenvalue weighted by Gasteiger charge is 2.25. The van der Waals surface area contributed by atoms with Gasteiger partial charge in [-0.1, -0.05) is 54.6 Å². The lowest BCUT2D eigenvalue weighted by Gasteiger charge is -2.31. The summed E-state index contributed by atoms with van der Waals surface area (Å²) >= 11 is 5.93. The monoisotopic (exact) mass is 329 g/mol. The van der Waals surface area contributed by atoms with Crippen LogP contribution in [0.4, 0.5) is 0 Å². The Morgan fingerprint density at radius 1 is 1.00 bits per heavy atom. The Labute approximate surface area is 143 Å². The largest absolute Gasteiger partial charge is 0.369 e. The van der Waals surface area contributed by atoms with Crippen LogP contribution in [0.25, 0.3) is 0 Å². The van der Waals surface area contributed by atoms with Crippen molar-refractivity contribution in [2.45, 2.75) is 31.4 Å². The summed E-state index contributed by atoms with van der Waals surface area (Å²) in [5.41, 5.74) is 3.62. The van der Waals surface area contributed by atoms with E-state index in [0.29, 0.717) is 18.4 Å². The molecular formula is C20H24ClNO. The average Bonchev–Trinajstić information content (AvgIpc) is 2.64. The lowest BCUT2D eigenvalue weighted by molar-refractivity contribution is -0.0102. The van der Waals surface area contributed by atoms with E-state index in [2.05, 4.69) is 59.9 Å². The molecule has 3 heteroatoms. The topological polar surface area (TPSA) is 21.3 Å². The van der Waals surface area contributed by atoms with Crippen molar-refractivity contribution in [3.63, 3.8) is 0 Å². The molecule has 1 heterocycles. The van der Waals surface area contributed by atoms with Crippen molar-refractivity contribution in [3.05, 3.63) is 71.3 Å². The number of ether oxygens (including phenoxy) is 1. The van der Waals surface area contributed by atoms with Gasteiger partial charge in [-0.25, -0.2) is 0 Å². The van der Waals surface area contributed by atoms with Gasteiger partial charge in [0.25, 0.3) is 0 Å². The highest BCUT2D eigenvalue weighted by molar-refractivity contribution is 6.17. The molecule has 3 rings (SSSR count). The number of alkyl halides is 1. The van der Waals surface area contributed by atoms with E-state index in [1.807, 2.05) is 0 Å². The Morgan fingerprint density at radius 2 is 1.74 bits per heavy atom. The third-order valence-corrected chi connectivity index (χ3v) is 4.82. The summed E-state index contributed by atoms with van der Waals surface area (Å²) in [5, 5.41) is 3.44. The van der Waals surface area contributed by atoms with Crippen LogP contribution in [0.15, 0.2) is 54.6 Å². The molecule has 2 aromatic carbocycles. The molecule has 23 heavy (non-hydrogen) atoms. The van der Waals surface area contributed by atoms with Crippen LogP contribution in [0.5, 0.6) is 0 Å². The number of benzene rings is 2. The average molecular weight is 330 g/mol. The van der Waals surface area contributed by atoms with Gasteiger partial charge in [-0.2, -0.15) is 0 Å². The molecule has 0 amide bonds. The normalized spacial score (nSPS) is 17.1. The molecule has 0 radical (unpaired) electrons. The predicted octanol–water partition coefficient (Wildman–Crippen LogP) is 4.68. The fourth-order valence-corrected chi connectivity index (χ4v) is 3.45. The van der Waals surface area contributed by atoms with Crippen LogP contribution in [-0.2, 0) is 17.2 Å². The van der Waals surface area contributed by atoms with E-state index in [1.54, 1.807) is 0 Å². The second kappa shape index (κ2) is 8.49. The molecule has 1 aliphatic heterocycles. The molecule has 2 aromatic rings. The van der Waals surface area contributed by atoms with Gasteiger partial charge >= 0.3 is 0 Å². The van der Waals surface area contributed by atoms with Crippen molar-refractivity contribution < 1.29 is 4.74 Å². The minimum absolute atomic E-state index is 0.165. The Kier molecular flexibility index (Phi) is 6.09. The van der Waals surface area contributed by atoms with Gasteiger partial charge in [-0.05, 0) is 48.5 Å². The molecule has 0 aliphatic carbocycles. The summed E-state index contributed by atoms with van der Waals surface area (Å²) < 4.78 is 6.38. The third kappa shape index (κ3) is 4.57. The predicted molar refractivity (Wildman–Crippen MR) is 95.6 cm³/mol. The SMILES string of the molecule is ClCc1cccc(COC(c2ccccc2)C2CCNCC2)c1. The quantitative estimate of drug-likeness (QED) is 0.777. The van der Waals surface area contributed by atoms with Crippen molar-refractivity contribution in [3.8, 4) is 0 Å². The van der Waals surface area contributed by atoms with Gasteiger partial charge in [-0.15, -0.1) is 11.6 Å². The number of rotatable bonds is 6. The maximum Gasteiger partial charge on any atom is 0.0858 e. The first-order valence-electron chi connectivity index (χ1n) is 8.38. The summed E-state index contributed by atoms with van der Waals surface area (Å²) in [6, 6.07) is 19.0. The maximum atomic E-state index is 6.38. The van der Waals surface area contributed by atoms with E-state index in [-0.39, 0.29) is 6.10 Å². The van der Waals surface area contributed by atoms with Crippen molar-refractivity contribution in [1.29, 1.82) is 0 Å². The van der Waals surface area contributed by atoms with Gasteiger partial charge in [0.2, 0.25) is 0 Å². The minimum Gasteiger partial charge on any atom is -0.369 e. The molecule has 0 bridgehead atoms. The van der Waals surface area contributed by atoms with E-state index < -0.39 is 0 Å². The molecular weight excluding hydrogens is 306 g/mol. The first-order chi connectivity index (χ1) is 11.4. The Hall–Kier alpha value is -1.35. The molecule has 122 valence electrons. The van der Waals surface area contributed by atoms with Crippen molar-refractivity contribution in [2.24, 2.45) is 5.92 Å². The molecule has 1 N–H and O–H groups in total. The van der Waals surface area contributed by atoms with Crippen molar-refractivity contribution in [2.75, 3.05) is 13.1 Å². The third-order valence-electron chi connectivity index (χ3n) is 4.52. The fraction of sp³-hybridized carbons (Fsp3) is 0.400. The molecule has 1 fully saturated rings. The molecule has 2 nitrogen and oxygen atoms in total. The van der Waals surface area contributed by atoms with Crippen LogP contribution in [0.2, 0.25) is 0 Å². The van der Waals surface area contributed by atoms with Gasteiger partial charge in [0.15, 0.2) is 0 Å². The van der Waals surface area contributed by atoms with Crippen LogP contribution >= 0.6 is 11.6 Å². The lowest BCUT2D eigenvalue weighted by atomic mass is 9.88. The summed E-state index contributed by atoms with van der Waals surface area (Å²) in [6.07, 6.45) is 2.50. The second-order valence-corrected chi connectivity index (χ2v) is 6.45. The summed E-state index contributed by atoms with van der Waals surface area (Å²) in [7, 11) is 0. The number of halogens is 1. The van der Waals surface area contributed by atoms with Gasteiger partial charge in [0.05, 0.1) is 12.7 Å². The summed E-state index contributed by atoms with van der Waals surface area (Å²) in [6.45, 7) is 2.80. The van der Waals surface area contributed by atoms with Crippen molar-refractivity contribution >= 4 is 11.6 Å². The van der Waals surface area contributed by atoms with E-state index in [9.17, 15) is 0 Å². The van der Waals surface area contributed by atoms with Gasteiger partial charge in [0.1, 0.15) is 0 Å². The summed E-state index contributed by atoms with van der Waals surface area (Å²) in [4.78, 5) is 0. The minimum atomic E-state index is 0.165. The van der Waals surface area contributed by atoms with E-state index in [0.717, 1.165) is 18.7 Å². The van der Waals surface area contributed by atoms with Gasteiger partial charge in [-0.3, -0.25) is 0 Å². The van der Waals surface area contributed by atoms with Gasteiger partial charge < -0.3 is 10.1 Å². The van der Waals surface area contributed by atoms with Crippen LogP contribution in [-0.4, -0.2) is 13.1 Å². The number of hydrogen-bond donors (Lipinski definition) is 1. The zero-order valence-corrected chi connectivity index (χ0v) is 14.1. The van der Waals surface area contributed by atoms with Gasteiger partial charge in [0, 0.05) is 5.88 Å². The zero-order valence-electron chi connectivity index (χ0n) is 13.4. The zero-order chi connectivity index (χ0) is 15.9. The molecule has 1 atom stereocenters. The van der Waals surface area contributed by atoms with E-state index in [4.69, 9.17) is 16.3 Å². The first kappa shape index (κ1) is 16.5. The highest BCUT2D eigenvalue weighted by atomic mass is 35.5. The molecule has 0 saturated carbocycles. The fourth-order valence-electron chi connectivity index (χ4n) is 3.28. The van der Waals surface area contributed by atoms with Crippen molar-refractivity contribution in [1.82, 2.24) is 5.32 Å². The molecule has 1 saturated heterocycles. The Balaban J connectivity index is 1.72. The molecule has 1 unspecified atom stereocenters. The molecule has 1 aliphatic rings. The molecule has 0 spiro atoms. The standard InChI is InChI=1S/C20H24ClNO/c21-14-16-5-4-6-17(13-16)15-23-20(18-7-2-1-3-8-18)19-9-11-22-12-10-19/h1-8,13,19-20,22H,9-12,14-15H2. The number of piperidine rings is 1. The maximum absolute atomic E-state index is 6.38. The Bertz CT molecular complexity index is 596. The van der Waals surface area contributed by atoms with Crippen LogP contribution < -0.4 is 5.32 Å². The summed E-state index contributed by atoms with van der Waals surface area (Å²) in [5.74, 6) is 1.12. The van der Waals surface area contributed by atoms with Crippen LogP contribution in [0.1, 0.15) is 35.6 Å². The molecule has 0 aromatic heterocycles. The highest BCUT2D eigenvalue weighted by Crippen LogP contribution is 2.33. The first-order valence-corrected chi connectivity index (χ1v) is 8.91. The van der Waals surface area contributed by atoms with Crippen LogP contribution in [0.3, 0.4) is 0 Å². The van der Waals surface area contributed by atoms with E-state index >= 15 is 0 Å². The van der Waals surface area contributed by atoms with Crippen LogP contribution in [0, 0.1) is 5.92 Å².